The molecule has 0 saturated heterocycles. The summed E-state index contributed by atoms with van der Waals surface area (Å²) in [5.41, 5.74) is -0.638. The van der Waals surface area contributed by atoms with E-state index in [0.29, 0.717) is 5.69 Å². The van der Waals surface area contributed by atoms with Crippen molar-refractivity contribution >= 4 is 15.9 Å². The van der Waals surface area contributed by atoms with Crippen LogP contribution < -0.4 is 17.1 Å². The van der Waals surface area contributed by atoms with Crippen LogP contribution in [0.15, 0.2) is 38.6 Å². The Labute approximate surface area is 160 Å². The second kappa shape index (κ2) is 11.0. The number of hydrogen-bond donors (Lipinski definition) is 2. The Morgan fingerprint density at radius 2 is 1.23 bits per heavy atom. The zero-order valence-corrected chi connectivity index (χ0v) is 16.5. The summed E-state index contributed by atoms with van der Waals surface area (Å²) in [5, 5.41) is 1.11. The van der Waals surface area contributed by atoms with Gasteiger partial charge in [0.2, 0.25) is 0 Å². The van der Waals surface area contributed by atoms with Gasteiger partial charge >= 0.3 is 17.1 Å². The third kappa shape index (κ3) is 6.44. The summed E-state index contributed by atoms with van der Waals surface area (Å²) in [4.78, 5) is 38.8. The van der Waals surface area contributed by atoms with E-state index in [1.165, 1.54) is 50.5 Å². The number of alkyl halides is 1. The molecule has 142 valence electrons. The second-order valence-corrected chi connectivity index (χ2v) is 7.25. The van der Waals surface area contributed by atoms with Crippen molar-refractivity contribution in [2.75, 3.05) is 5.33 Å². The van der Waals surface area contributed by atoms with E-state index in [2.05, 4.69) is 25.9 Å². The van der Waals surface area contributed by atoms with Crippen molar-refractivity contribution in [2.24, 2.45) is 0 Å². The monoisotopic (exact) mass is 423 g/mol. The smallest absolute Gasteiger partial charge is 0.258 e. The molecule has 0 saturated carbocycles. The highest BCUT2D eigenvalue weighted by molar-refractivity contribution is 9.09. The lowest BCUT2D eigenvalue weighted by atomic mass is 10.0. The van der Waals surface area contributed by atoms with Gasteiger partial charge in [0, 0.05) is 5.33 Å². The minimum Gasteiger partial charge on any atom is -0.258 e. The molecule has 26 heavy (non-hydrogen) atoms. The molecule has 1 heterocycles. The zero-order valence-electron chi connectivity index (χ0n) is 14.9. The summed E-state index contributed by atoms with van der Waals surface area (Å²) in [6, 6.07) is 7.31. The second-order valence-electron chi connectivity index (χ2n) is 6.46. The van der Waals surface area contributed by atoms with E-state index < -0.39 is 17.1 Å². The summed E-state index contributed by atoms with van der Waals surface area (Å²) in [6.45, 7) is 0. The third-order valence-electron chi connectivity index (χ3n) is 4.39. The number of nitrogens with zero attached hydrogens (tertiary/aromatic N) is 1. The predicted octanol–water partition coefficient (Wildman–Crippen LogP) is 3.27. The first kappa shape index (κ1) is 20.4. The first-order valence-electron chi connectivity index (χ1n) is 9.23. The molecule has 0 aliphatic rings. The van der Waals surface area contributed by atoms with Crippen LogP contribution in [0.3, 0.4) is 0 Å². The summed E-state index contributed by atoms with van der Waals surface area (Å²) in [7, 11) is 0. The maximum absolute atomic E-state index is 11.8. The van der Waals surface area contributed by atoms with Gasteiger partial charge in [0.25, 0.3) is 0 Å². The number of unbranched alkanes of at least 4 members (excludes halogenated alkanes) is 7. The molecular weight excluding hydrogens is 398 g/mol. The number of aryl methyl sites for hydroxylation is 1. The molecule has 2 aromatic rings. The Balaban J connectivity index is 1.77. The van der Waals surface area contributed by atoms with E-state index in [4.69, 9.17) is 0 Å². The molecule has 2 rings (SSSR count). The lowest BCUT2D eigenvalue weighted by Gasteiger charge is -2.06. The molecule has 0 radical (unpaired) electrons. The lowest BCUT2D eigenvalue weighted by molar-refractivity contribution is 0.577. The Hall–Kier alpha value is -1.89. The largest absolute Gasteiger partial charge is 0.338 e. The van der Waals surface area contributed by atoms with Crippen LogP contribution in [0.4, 0.5) is 0 Å². The highest BCUT2D eigenvalue weighted by Gasteiger charge is 2.05. The predicted molar refractivity (Wildman–Crippen MR) is 108 cm³/mol. The molecule has 0 aliphatic heterocycles. The minimum atomic E-state index is -0.795. The van der Waals surface area contributed by atoms with Gasteiger partial charge in [0.05, 0.1) is 5.69 Å². The van der Waals surface area contributed by atoms with Gasteiger partial charge in [-0.1, -0.05) is 66.6 Å². The zero-order chi connectivity index (χ0) is 18.8. The maximum Gasteiger partial charge on any atom is 0.338 e. The van der Waals surface area contributed by atoms with Crippen molar-refractivity contribution in [1.29, 1.82) is 0 Å². The van der Waals surface area contributed by atoms with Crippen LogP contribution in [0.2, 0.25) is 0 Å². The van der Waals surface area contributed by atoms with Gasteiger partial charge < -0.3 is 0 Å². The standard InChI is InChI=1S/C19H26BrN3O3/c20-14-8-6-4-2-1-3-5-7-9-15-10-12-16(13-11-15)23-18(25)21-17(24)22-19(23)26/h10-13H,1-9,14H2,(H2,21,22,24,25,26). The van der Waals surface area contributed by atoms with Gasteiger partial charge in [-0.05, 0) is 37.0 Å². The van der Waals surface area contributed by atoms with E-state index in [0.717, 1.165) is 22.7 Å². The van der Waals surface area contributed by atoms with Crippen LogP contribution in [-0.4, -0.2) is 19.9 Å². The fourth-order valence-corrected chi connectivity index (χ4v) is 3.36. The van der Waals surface area contributed by atoms with E-state index in [1.807, 2.05) is 12.1 Å². The first-order chi connectivity index (χ1) is 12.6. The molecule has 0 bridgehead atoms. The van der Waals surface area contributed by atoms with E-state index in [1.54, 1.807) is 12.1 Å². The molecule has 6 nitrogen and oxygen atoms in total. The highest BCUT2D eigenvalue weighted by Crippen LogP contribution is 2.13. The fraction of sp³-hybridized carbons (Fsp3) is 0.526. The molecule has 2 N–H and O–H groups in total. The van der Waals surface area contributed by atoms with Crippen molar-refractivity contribution in [2.45, 2.75) is 57.8 Å². The number of nitrogens with one attached hydrogen (secondary N) is 2. The van der Waals surface area contributed by atoms with Crippen molar-refractivity contribution in [3.63, 3.8) is 0 Å². The molecule has 0 unspecified atom stereocenters. The Morgan fingerprint density at radius 3 is 1.77 bits per heavy atom. The number of aromatic amines is 2. The van der Waals surface area contributed by atoms with Crippen molar-refractivity contribution in [1.82, 2.24) is 14.5 Å². The number of H-pyrrole nitrogens is 2. The van der Waals surface area contributed by atoms with Gasteiger partial charge in [0.15, 0.2) is 0 Å². The van der Waals surface area contributed by atoms with Gasteiger partial charge in [-0.3, -0.25) is 9.97 Å². The molecule has 0 aliphatic carbocycles. The van der Waals surface area contributed by atoms with Crippen LogP contribution in [0.25, 0.3) is 5.69 Å². The van der Waals surface area contributed by atoms with Crippen LogP contribution >= 0.6 is 15.9 Å². The number of aromatic nitrogens is 3. The Kier molecular flexibility index (Phi) is 8.61. The topological polar surface area (TPSA) is 87.7 Å². The molecule has 7 heteroatoms. The van der Waals surface area contributed by atoms with Crippen molar-refractivity contribution < 1.29 is 0 Å². The molecule has 0 spiro atoms. The lowest BCUT2D eigenvalue weighted by Crippen LogP contribution is -2.42. The summed E-state index contributed by atoms with van der Waals surface area (Å²) < 4.78 is 0.917. The number of benzene rings is 1. The van der Waals surface area contributed by atoms with Crippen LogP contribution in [0.1, 0.15) is 56.9 Å². The minimum absolute atomic E-state index is 0.444. The molecule has 1 aromatic heterocycles. The third-order valence-corrected chi connectivity index (χ3v) is 4.95. The quantitative estimate of drug-likeness (QED) is 0.429. The highest BCUT2D eigenvalue weighted by atomic mass is 79.9. The summed E-state index contributed by atoms with van der Waals surface area (Å²) in [6.07, 6.45) is 11.2. The number of rotatable bonds is 11. The molecule has 0 amide bonds. The van der Waals surface area contributed by atoms with E-state index >= 15 is 0 Å². The van der Waals surface area contributed by atoms with Gasteiger partial charge in [0.1, 0.15) is 0 Å². The van der Waals surface area contributed by atoms with Gasteiger partial charge in [-0.25, -0.2) is 19.0 Å². The normalized spacial score (nSPS) is 11.0. The van der Waals surface area contributed by atoms with Gasteiger partial charge in [-0.2, -0.15) is 0 Å². The molecular formula is C19H26BrN3O3. The van der Waals surface area contributed by atoms with Crippen LogP contribution in [-0.2, 0) is 6.42 Å². The van der Waals surface area contributed by atoms with Crippen molar-refractivity contribution in [3.8, 4) is 5.69 Å². The van der Waals surface area contributed by atoms with Crippen molar-refractivity contribution in [3.05, 3.63) is 61.3 Å². The summed E-state index contributed by atoms with van der Waals surface area (Å²) >= 11 is 3.45. The van der Waals surface area contributed by atoms with Crippen LogP contribution in [0, 0.1) is 0 Å². The molecule has 0 fully saturated rings. The number of halogens is 1. The van der Waals surface area contributed by atoms with E-state index in [-0.39, 0.29) is 0 Å². The maximum atomic E-state index is 11.8. The molecule has 0 atom stereocenters. The average Bonchev–Trinajstić information content (AvgIpc) is 2.61. The Morgan fingerprint density at radius 1 is 0.731 bits per heavy atom. The van der Waals surface area contributed by atoms with E-state index in [9.17, 15) is 14.4 Å². The first-order valence-corrected chi connectivity index (χ1v) is 10.3. The summed E-state index contributed by atoms with van der Waals surface area (Å²) in [5.74, 6) is 0. The van der Waals surface area contributed by atoms with Gasteiger partial charge in [-0.15, -0.1) is 0 Å². The molecule has 1 aromatic carbocycles. The fourth-order valence-electron chi connectivity index (χ4n) is 2.96. The average molecular weight is 424 g/mol. The SMILES string of the molecule is O=c1[nH]c(=O)n(-c2ccc(CCCCCCCCCCBr)cc2)c(=O)[nH]1. The van der Waals surface area contributed by atoms with Crippen LogP contribution in [0.5, 0.6) is 0 Å². The Bertz CT molecular complexity index is 802. The number of hydrogen-bond acceptors (Lipinski definition) is 3.